The average Bonchev–Trinajstić information content (AvgIpc) is 2.01. The van der Waals surface area contributed by atoms with Gasteiger partial charge in [-0.1, -0.05) is 28.1 Å². The van der Waals surface area contributed by atoms with Gasteiger partial charge in [0.2, 0.25) is 0 Å². The van der Waals surface area contributed by atoms with E-state index < -0.39 is 0 Å². The Kier molecular flexibility index (Phi) is 3.56. The first-order valence-corrected chi connectivity index (χ1v) is 4.02. The molecule has 0 saturated heterocycles. The molecule has 60 valence electrons. The number of benzene rings is 1. The highest BCUT2D eigenvalue weighted by Crippen LogP contribution is 2.11. The zero-order chi connectivity index (χ0) is 8.10. The number of halogens is 1. The van der Waals surface area contributed by atoms with Crippen LogP contribution >= 0.6 is 15.9 Å². The second kappa shape index (κ2) is 4.49. The molecule has 0 aromatic heterocycles. The second-order valence-corrected chi connectivity index (χ2v) is 2.97. The largest absolute Gasteiger partial charge is 0.240 e. The lowest BCUT2D eigenvalue weighted by Gasteiger charge is -1.99. The summed E-state index contributed by atoms with van der Waals surface area (Å²) in [6.07, 6.45) is 0. The maximum atomic E-state index is 4.75. The van der Waals surface area contributed by atoms with Crippen LogP contribution in [-0.4, -0.2) is 7.11 Å². The Hall–Kier alpha value is -0.380. The van der Waals surface area contributed by atoms with E-state index >= 15 is 0 Å². The van der Waals surface area contributed by atoms with Crippen molar-refractivity contribution in [3.8, 4) is 0 Å². The number of hydrogen-bond acceptors (Lipinski definition) is 2. The molecule has 0 amide bonds. The molecule has 0 radical (unpaired) electrons. The molecule has 0 unspecified atom stereocenters. The van der Waals surface area contributed by atoms with Crippen LogP contribution in [0, 0.1) is 0 Å². The molecule has 1 aromatic carbocycles. The van der Waals surface area contributed by atoms with Crippen molar-refractivity contribution in [1.29, 1.82) is 0 Å². The summed E-state index contributed by atoms with van der Waals surface area (Å²) in [6, 6.07) is 7.89. The standard InChI is InChI=1S/C8H9BrO2/c1-10-11-6-7-3-2-4-8(9)5-7/h2-5H,6H2,1H3. The zero-order valence-corrected chi connectivity index (χ0v) is 7.80. The minimum absolute atomic E-state index is 0.482. The molecule has 2 nitrogen and oxygen atoms in total. The minimum atomic E-state index is 0.482. The van der Waals surface area contributed by atoms with E-state index in [-0.39, 0.29) is 0 Å². The van der Waals surface area contributed by atoms with E-state index in [0.29, 0.717) is 6.61 Å². The quantitative estimate of drug-likeness (QED) is 0.572. The summed E-state index contributed by atoms with van der Waals surface area (Å²) in [7, 11) is 1.50. The topological polar surface area (TPSA) is 18.5 Å². The van der Waals surface area contributed by atoms with E-state index in [0.717, 1.165) is 10.0 Å². The van der Waals surface area contributed by atoms with E-state index in [2.05, 4.69) is 20.8 Å². The van der Waals surface area contributed by atoms with Crippen molar-refractivity contribution in [1.82, 2.24) is 0 Å². The molecule has 1 aromatic rings. The first kappa shape index (κ1) is 8.71. The van der Waals surface area contributed by atoms with E-state index in [4.69, 9.17) is 4.89 Å². The van der Waals surface area contributed by atoms with Crippen molar-refractivity contribution >= 4 is 15.9 Å². The molecule has 0 aliphatic heterocycles. The van der Waals surface area contributed by atoms with Crippen molar-refractivity contribution in [2.24, 2.45) is 0 Å². The third-order valence-corrected chi connectivity index (χ3v) is 1.73. The highest BCUT2D eigenvalue weighted by molar-refractivity contribution is 9.10. The van der Waals surface area contributed by atoms with Crippen molar-refractivity contribution in [3.63, 3.8) is 0 Å². The smallest absolute Gasteiger partial charge is 0.107 e. The van der Waals surface area contributed by atoms with Crippen LogP contribution in [0.15, 0.2) is 28.7 Å². The van der Waals surface area contributed by atoms with Crippen LogP contribution in [0.25, 0.3) is 0 Å². The van der Waals surface area contributed by atoms with Crippen molar-refractivity contribution in [2.75, 3.05) is 7.11 Å². The van der Waals surface area contributed by atoms with E-state index in [9.17, 15) is 0 Å². The molecule has 1 rings (SSSR count). The summed E-state index contributed by atoms with van der Waals surface area (Å²) in [6.45, 7) is 0.482. The molecule has 0 aliphatic rings. The molecule has 0 atom stereocenters. The highest BCUT2D eigenvalue weighted by Gasteiger charge is 1.92. The summed E-state index contributed by atoms with van der Waals surface area (Å²) in [5, 5.41) is 0. The Labute approximate surface area is 74.2 Å². The van der Waals surface area contributed by atoms with Gasteiger partial charge in [-0.2, -0.15) is 0 Å². The van der Waals surface area contributed by atoms with Gasteiger partial charge in [0.1, 0.15) is 6.61 Å². The average molecular weight is 217 g/mol. The summed E-state index contributed by atoms with van der Waals surface area (Å²) >= 11 is 3.36. The zero-order valence-electron chi connectivity index (χ0n) is 6.21. The maximum absolute atomic E-state index is 4.75. The second-order valence-electron chi connectivity index (χ2n) is 2.06. The molecule has 11 heavy (non-hydrogen) atoms. The Morgan fingerprint density at radius 1 is 1.45 bits per heavy atom. The molecule has 0 N–H and O–H groups in total. The summed E-state index contributed by atoms with van der Waals surface area (Å²) < 4.78 is 1.05. The van der Waals surface area contributed by atoms with Gasteiger partial charge in [0.25, 0.3) is 0 Å². The fraction of sp³-hybridized carbons (Fsp3) is 0.250. The molecule has 0 saturated carbocycles. The molecule has 0 fully saturated rings. The van der Waals surface area contributed by atoms with Crippen molar-refractivity contribution in [3.05, 3.63) is 34.3 Å². The van der Waals surface area contributed by atoms with Gasteiger partial charge in [-0.15, -0.1) is 0 Å². The van der Waals surface area contributed by atoms with Crippen LogP contribution in [0.2, 0.25) is 0 Å². The van der Waals surface area contributed by atoms with Gasteiger partial charge in [0, 0.05) is 4.47 Å². The van der Waals surface area contributed by atoms with Crippen LogP contribution in [0.4, 0.5) is 0 Å². The molecule has 0 bridgehead atoms. The Morgan fingerprint density at radius 3 is 2.91 bits per heavy atom. The highest BCUT2D eigenvalue weighted by atomic mass is 79.9. The summed E-state index contributed by atoms with van der Waals surface area (Å²) in [5.41, 5.74) is 1.08. The molecule has 3 heteroatoms. The Morgan fingerprint density at radius 2 is 2.27 bits per heavy atom. The van der Waals surface area contributed by atoms with Gasteiger partial charge in [-0.05, 0) is 17.7 Å². The Balaban J connectivity index is 2.56. The first-order valence-electron chi connectivity index (χ1n) is 3.23. The van der Waals surface area contributed by atoms with Crippen LogP contribution in [0.1, 0.15) is 5.56 Å². The summed E-state index contributed by atoms with van der Waals surface area (Å²) in [4.78, 5) is 9.22. The van der Waals surface area contributed by atoms with Crippen LogP contribution in [0.5, 0.6) is 0 Å². The maximum Gasteiger partial charge on any atom is 0.107 e. The number of hydrogen-bond donors (Lipinski definition) is 0. The van der Waals surface area contributed by atoms with Crippen LogP contribution in [-0.2, 0) is 16.4 Å². The molecular formula is C8H9BrO2. The first-order chi connectivity index (χ1) is 5.33. The summed E-state index contributed by atoms with van der Waals surface area (Å²) in [5.74, 6) is 0. The Bertz CT molecular complexity index is 225. The van der Waals surface area contributed by atoms with Gasteiger partial charge in [-0.25, -0.2) is 9.78 Å². The van der Waals surface area contributed by atoms with Crippen molar-refractivity contribution in [2.45, 2.75) is 6.61 Å². The SMILES string of the molecule is COOCc1cccc(Br)c1. The van der Waals surface area contributed by atoms with Gasteiger partial charge in [0.05, 0.1) is 7.11 Å². The normalized spacial score (nSPS) is 10.0. The van der Waals surface area contributed by atoms with E-state index in [1.54, 1.807) is 0 Å². The third-order valence-electron chi connectivity index (χ3n) is 1.23. The van der Waals surface area contributed by atoms with Crippen molar-refractivity contribution < 1.29 is 9.78 Å². The van der Waals surface area contributed by atoms with E-state index in [1.165, 1.54) is 7.11 Å². The molecule has 0 heterocycles. The fourth-order valence-corrected chi connectivity index (χ4v) is 1.20. The molecule has 0 spiro atoms. The predicted molar refractivity (Wildman–Crippen MR) is 45.9 cm³/mol. The molecular weight excluding hydrogens is 208 g/mol. The lowest BCUT2D eigenvalue weighted by molar-refractivity contribution is -0.282. The minimum Gasteiger partial charge on any atom is -0.240 e. The van der Waals surface area contributed by atoms with Gasteiger partial charge in [-0.3, -0.25) is 0 Å². The van der Waals surface area contributed by atoms with Gasteiger partial charge < -0.3 is 0 Å². The third kappa shape index (κ3) is 3.01. The van der Waals surface area contributed by atoms with E-state index in [1.807, 2.05) is 24.3 Å². The lowest BCUT2D eigenvalue weighted by Crippen LogP contribution is -1.90. The van der Waals surface area contributed by atoms with Crippen LogP contribution < -0.4 is 0 Å². The number of rotatable bonds is 3. The lowest BCUT2D eigenvalue weighted by atomic mass is 10.2. The fourth-order valence-electron chi connectivity index (χ4n) is 0.754. The van der Waals surface area contributed by atoms with Crippen LogP contribution in [0.3, 0.4) is 0 Å². The molecule has 0 aliphatic carbocycles. The van der Waals surface area contributed by atoms with Gasteiger partial charge in [0.15, 0.2) is 0 Å². The van der Waals surface area contributed by atoms with Gasteiger partial charge >= 0.3 is 0 Å². The monoisotopic (exact) mass is 216 g/mol. The predicted octanol–water partition coefficient (Wildman–Crippen LogP) is 2.53.